The minimum Gasteiger partial charge on any atom is -0.460 e. The molecule has 3 aliphatic heterocycles. The van der Waals surface area contributed by atoms with Crippen LogP contribution in [0.4, 0.5) is 0 Å². The second kappa shape index (κ2) is 7.59. The van der Waals surface area contributed by atoms with Gasteiger partial charge in [0.25, 0.3) is 0 Å². The van der Waals surface area contributed by atoms with Gasteiger partial charge < -0.3 is 4.74 Å². The van der Waals surface area contributed by atoms with Crippen molar-refractivity contribution in [3.8, 4) is 0 Å². The van der Waals surface area contributed by atoms with Crippen molar-refractivity contribution < 1.29 is 9.53 Å². The summed E-state index contributed by atoms with van der Waals surface area (Å²) < 4.78 is 7.89. The third-order valence-electron chi connectivity index (χ3n) is 4.81. The molecular weight excluding hydrogens is 389 g/mol. The fraction of sp³-hybridized carbons (Fsp3) is 0.500. The summed E-state index contributed by atoms with van der Waals surface area (Å²) in [5.41, 5.74) is 1.04. The van der Waals surface area contributed by atoms with Gasteiger partial charge in [-0.15, -0.1) is 0 Å². The summed E-state index contributed by atoms with van der Waals surface area (Å²) in [5, 5.41) is 0. The Balaban J connectivity index is 1.69. The van der Waals surface area contributed by atoms with Crippen LogP contribution >= 0.6 is 22.6 Å². The maximum absolute atomic E-state index is 12.7. The highest BCUT2D eigenvalue weighted by Crippen LogP contribution is 2.31. The van der Waals surface area contributed by atoms with Gasteiger partial charge in [0.2, 0.25) is 0 Å². The van der Waals surface area contributed by atoms with Gasteiger partial charge in [0.1, 0.15) is 6.10 Å². The van der Waals surface area contributed by atoms with E-state index in [0.717, 1.165) is 12.1 Å². The number of halogens is 1. The van der Waals surface area contributed by atoms with Crippen LogP contribution in [-0.2, 0) is 9.53 Å². The monoisotopic (exact) mass is 411 g/mol. The van der Waals surface area contributed by atoms with Crippen LogP contribution in [-0.4, -0.2) is 36.6 Å². The lowest BCUT2D eigenvalue weighted by Crippen LogP contribution is -2.52. The van der Waals surface area contributed by atoms with E-state index >= 15 is 0 Å². The SMILES string of the molecule is O=C(OC1CN2CCC1CC2)C(CC=CI)c1ccccc1. The van der Waals surface area contributed by atoms with Gasteiger partial charge in [-0.2, -0.15) is 0 Å². The van der Waals surface area contributed by atoms with Gasteiger partial charge in [0, 0.05) is 6.54 Å². The Morgan fingerprint density at radius 3 is 2.64 bits per heavy atom. The molecule has 0 aliphatic carbocycles. The molecule has 0 saturated carbocycles. The summed E-state index contributed by atoms with van der Waals surface area (Å²) in [6, 6.07) is 9.98. The zero-order valence-electron chi connectivity index (χ0n) is 12.7. The van der Waals surface area contributed by atoms with E-state index in [1.165, 1.54) is 25.9 Å². The van der Waals surface area contributed by atoms with Crippen LogP contribution < -0.4 is 0 Å². The zero-order valence-corrected chi connectivity index (χ0v) is 14.8. The highest BCUT2D eigenvalue weighted by molar-refractivity contribution is 14.1. The van der Waals surface area contributed by atoms with Gasteiger partial charge in [-0.25, -0.2) is 0 Å². The average Bonchev–Trinajstić information content (AvgIpc) is 2.57. The van der Waals surface area contributed by atoms with E-state index in [1.54, 1.807) is 0 Å². The van der Waals surface area contributed by atoms with E-state index in [4.69, 9.17) is 4.74 Å². The number of fused-ring (bicyclic) bond motifs is 3. The minimum absolute atomic E-state index is 0.0700. The van der Waals surface area contributed by atoms with Crippen LogP contribution in [0.2, 0.25) is 0 Å². The molecule has 0 spiro atoms. The number of ether oxygens (including phenoxy) is 1. The molecular formula is C18H22INO2. The summed E-state index contributed by atoms with van der Waals surface area (Å²) in [4.78, 5) is 15.1. The molecule has 1 aromatic rings. The number of rotatable bonds is 5. The van der Waals surface area contributed by atoms with Crippen molar-refractivity contribution in [1.29, 1.82) is 0 Å². The lowest BCUT2D eigenvalue weighted by Gasteiger charge is -2.44. The third-order valence-corrected chi connectivity index (χ3v) is 5.32. The van der Waals surface area contributed by atoms with Gasteiger partial charge in [-0.3, -0.25) is 9.69 Å². The van der Waals surface area contributed by atoms with Gasteiger partial charge >= 0.3 is 5.97 Å². The predicted molar refractivity (Wildman–Crippen MR) is 96.0 cm³/mol. The van der Waals surface area contributed by atoms with Gasteiger partial charge in [-0.1, -0.05) is 59.0 Å². The first kappa shape index (κ1) is 16.0. The summed E-state index contributed by atoms with van der Waals surface area (Å²) in [6.07, 6.45) is 5.16. The molecule has 3 nitrogen and oxygen atoms in total. The largest absolute Gasteiger partial charge is 0.460 e. The van der Waals surface area contributed by atoms with Gasteiger partial charge in [0.15, 0.2) is 0 Å². The Labute approximate surface area is 145 Å². The van der Waals surface area contributed by atoms with E-state index in [9.17, 15) is 4.79 Å². The smallest absolute Gasteiger partial charge is 0.314 e. The first-order valence-corrected chi connectivity index (χ1v) is 9.25. The molecule has 0 N–H and O–H groups in total. The van der Waals surface area contributed by atoms with Crippen molar-refractivity contribution in [2.75, 3.05) is 19.6 Å². The van der Waals surface area contributed by atoms with E-state index in [1.807, 2.05) is 40.5 Å². The molecule has 118 valence electrons. The Kier molecular flexibility index (Phi) is 5.52. The minimum atomic E-state index is -0.192. The van der Waals surface area contributed by atoms with Crippen LogP contribution in [0.3, 0.4) is 0 Å². The molecule has 3 fully saturated rings. The van der Waals surface area contributed by atoms with E-state index in [0.29, 0.717) is 12.3 Å². The standard InChI is InChI=1S/C18H22INO2/c19-10-4-7-16(14-5-2-1-3-6-14)18(21)22-17-13-20-11-8-15(17)9-12-20/h1-6,10,15-17H,7-9,11-13H2. The fourth-order valence-corrected chi connectivity index (χ4v) is 3.81. The maximum atomic E-state index is 12.7. The molecule has 3 aliphatic rings. The molecule has 0 amide bonds. The summed E-state index contributed by atoms with van der Waals surface area (Å²) in [6.45, 7) is 3.25. The van der Waals surface area contributed by atoms with Crippen molar-refractivity contribution in [2.24, 2.45) is 5.92 Å². The number of hydrogen-bond donors (Lipinski definition) is 0. The van der Waals surface area contributed by atoms with E-state index in [2.05, 4.69) is 27.5 Å². The first-order valence-electron chi connectivity index (χ1n) is 8.01. The topological polar surface area (TPSA) is 29.5 Å². The average molecular weight is 411 g/mol. The molecule has 4 rings (SSSR count). The highest BCUT2D eigenvalue weighted by atomic mass is 127. The number of esters is 1. The summed E-state index contributed by atoms with van der Waals surface area (Å²) in [7, 11) is 0. The lowest BCUT2D eigenvalue weighted by atomic mass is 9.85. The summed E-state index contributed by atoms with van der Waals surface area (Å²) >= 11 is 2.19. The van der Waals surface area contributed by atoms with Crippen LogP contribution in [0.5, 0.6) is 0 Å². The molecule has 1 aromatic carbocycles. The van der Waals surface area contributed by atoms with Crippen LogP contribution in [0.15, 0.2) is 40.5 Å². The quantitative estimate of drug-likeness (QED) is 0.546. The number of benzene rings is 1. The first-order chi connectivity index (χ1) is 10.8. The molecule has 2 unspecified atom stereocenters. The molecule has 22 heavy (non-hydrogen) atoms. The normalized spacial score (nSPS) is 28.7. The second-order valence-corrected chi connectivity index (χ2v) is 6.89. The van der Waals surface area contributed by atoms with Crippen molar-refractivity contribution in [2.45, 2.75) is 31.3 Å². The predicted octanol–water partition coefficient (Wildman–Crippen LogP) is 3.75. The second-order valence-electron chi connectivity index (χ2n) is 6.17. The number of piperidine rings is 3. The third kappa shape index (κ3) is 3.71. The zero-order chi connectivity index (χ0) is 15.4. The van der Waals surface area contributed by atoms with E-state index < -0.39 is 0 Å². The molecule has 3 saturated heterocycles. The lowest BCUT2D eigenvalue weighted by molar-refractivity contribution is -0.160. The molecule has 2 atom stereocenters. The van der Waals surface area contributed by atoms with Crippen molar-refractivity contribution >= 4 is 28.6 Å². The van der Waals surface area contributed by atoms with Gasteiger partial charge in [0.05, 0.1) is 5.92 Å². The Morgan fingerprint density at radius 1 is 1.32 bits per heavy atom. The number of hydrogen-bond acceptors (Lipinski definition) is 3. The summed E-state index contributed by atoms with van der Waals surface area (Å²) in [5.74, 6) is 0.299. The number of carbonyl (C=O) groups is 1. The van der Waals surface area contributed by atoms with Gasteiger partial charge in [-0.05, 0) is 47.9 Å². The van der Waals surface area contributed by atoms with Crippen LogP contribution in [0, 0.1) is 5.92 Å². The Bertz CT molecular complexity index is 523. The fourth-order valence-electron chi connectivity index (χ4n) is 3.52. The molecule has 4 heteroatoms. The number of allylic oxidation sites excluding steroid dienone is 1. The Morgan fingerprint density at radius 2 is 2.05 bits per heavy atom. The number of nitrogens with zero attached hydrogens (tertiary/aromatic N) is 1. The molecule has 0 radical (unpaired) electrons. The molecule has 3 heterocycles. The highest BCUT2D eigenvalue weighted by Gasteiger charge is 2.37. The van der Waals surface area contributed by atoms with Crippen molar-refractivity contribution in [1.82, 2.24) is 4.90 Å². The van der Waals surface area contributed by atoms with Crippen molar-refractivity contribution in [3.63, 3.8) is 0 Å². The number of carbonyl (C=O) groups excluding carboxylic acids is 1. The Hall–Kier alpha value is -0.880. The maximum Gasteiger partial charge on any atom is 0.314 e. The van der Waals surface area contributed by atoms with Crippen LogP contribution in [0.1, 0.15) is 30.7 Å². The van der Waals surface area contributed by atoms with Crippen LogP contribution in [0.25, 0.3) is 0 Å². The van der Waals surface area contributed by atoms with E-state index in [-0.39, 0.29) is 18.0 Å². The van der Waals surface area contributed by atoms with Crippen molar-refractivity contribution in [3.05, 3.63) is 46.1 Å². The molecule has 0 aromatic heterocycles. The molecule has 2 bridgehead atoms.